The van der Waals surface area contributed by atoms with Gasteiger partial charge in [-0.05, 0) is 37.0 Å². The zero-order chi connectivity index (χ0) is 23.8. The van der Waals surface area contributed by atoms with Crippen LogP contribution < -0.4 is 26.6 Å². The second-order valence-electron chi connectivity index (χ2n) is 8.15. The Balaban J connectivity index is 2.33. The number of rotatable bonds is 11. The second-order valence-corrected chi connectivity index (χ2v) is 8.15. The Hall–Kier alpha value is -3.07. The Morgan fingerprint density at radius 2 is 1.97 bits per heavy atom. The smallest absolute Gasteiger partial charge is 0.330 e. The molecule has 0 aliphatic carbocycles. The minimum Gasteiger partial charge on any atom is -0.497 e. The molecule has 1 aromatic heterocycles. The Morgan fingerprint density at radius 3 is 2.59 bits per heavy atom. The summed E-state index contributed by atoms with van der Waals surface area (Å²) in [5, 5.41) is 0. The van der Waals surface area contributed by atoms with Gasteiger partial charge in [0.15, 0.2) is 5.69 Å². The molecule has 176 valence electrons. The monoisotopic (exact) mass is 446 g/mol. The Labute approximate surface area is 188 Å². The van der Waals surface area contributed by atoms with Gasteiger partial charge in [0, 0.05) is 13.1 Å². The highest BCUT2D eigenvalue weighted by Gasteiger charge is 2.28. The second kappa shape index (κ2) is 11.5. The number of amides is 1. The summed E-state index contributed by atoms with van der Waals surface area (Å²) in [6.07, 6.45) is 0.729. The highest BCUT2D eigenvalue weighted by molar-refractivity contribution is 5.98. The van der Waals surface area contributed by atoms with E-state index in [9.17, 15) is 14.4 Å². The van der Waals surface area contributed by atoms with Gasteiger partial charge in [0.1, 0.15) is 17.7 Å². The molecule has 0 spiro atoms. The van der Waals surface area contributed by atoms with Crippen LogP contribution in [0.25, 0.3) is 0 Å². The molecular weight excluding hydrogens is 412 g/mol. The van der Waals surface area contributed by atoms with Crippen LogP contribution in [0.4, 0.5) is 11.5 Å². The number of methoxy groups -OCH3 is 1. The third-order valence-electron chi connectivity index (χ3n) is 5.01. The van der Waals surface area contributed by atoms with Crippen LogP contribution in [0.3, 0.4) is 0 Å². The number of carbonyl (C=O) groups is 1. The number of nitrogens with one attached hydrogen (secondary N) is 1. The van der Waals surface area contributed by atoms with Gasteiger partial charge in [-0.25, -0.2) is 4.79 Å². The van der Waals surface area contributed by atoms with E-state index in [0.29, 0.717) is 18.7 Å². The predicted molar refractivity (Wildman–Crippen MR) is 125 cm³/mol. The largest absolute Gasteiger partial charge is 0.497 e. The molecule has 0 bridgehead atoms. The summed E-state index contributed by atoms with van der Waals surface area (Å²) >= 11 is 0. The molecular formula is C23H34N4O5. The fourth-order valence-electron chi connectivity index (χ4n) is 3.31. The molecule has 1 amide bonds. The van der Waals surface area contributed by atoms with E-state index in [-0.39, 0.29) is 30.6 Å². The SMILES string of the molecule is CCCCn1c(N)c(N(CC(C)C)C(=O)C(C)OCc2cccc(OC)c2)c(=O)[nH]c1=O. The van der Waals surface area contributed by atoms with Crippen LogP contribution in [0.5, 0.6) is 5.75 Å². The molecule has 2 aromatic rings. The van der Waals surface area contributed by atoms with Gasteiger partial charge in [-0.15, -0.1) is 0 Å². The quantitative estimate of drug-likeness (QED) is 0.547. The number of unbranched alkanes of at least 4 members (excludes halogenated alkanes) is 1. The van der Waals surface area contributed by atoms with Crippen molar-refractivity contribution in [2.75, 3.05) is 24.3 Å². The molecule has 32 heavy (non-hydrogen) atoms. The first-order valence-corrected chi connectivity index (χ1v) is 10.9. The van der Waals surface area contributed by atoms with Crippen molar-refractivity contribution >= 4 is 17.4 Å². The molecule has 0 fully saturated rings. The average Bonchev–Trinajstić information content (AvgIpc) is 2.75. The minimum atomic E-state index is -0.838. The first-order chi connectivity index (χ1) is 15.2. The zero-order valence-corrected chi connectivity index (χ0v) is 19.5. The maximum Gasteiger partial charge on any atom is 0.330 e. The number of anilines is 2. The molecule has 1 heterocycles. The van der Waals surface area contributed by atoms with E-state index < -0.39 is 23.3 Å². The number of benzene rings is 1. The van der Waals surface area contributed by atoms with Crippen molar-refractivity contribution in [3.8, 4) is 5.75 Å². The van der Waals surface area contributed by atoms with Crippen LogP contribution >= 0.6 is 0 Å². The van der Waals surface area contributed by atoms with Crippen LogP contribution in [0.15, 0.2) is 33.9 Å². The lowest BCUT2D eigenvalue weighted by Crippen LogP contribution is -2.46. The molecule has 0 aliphatic rings. The Morgan fingerprint density at radius 1 is 1.25 bits per heavy atom. The number of nitrogen functional groups attached to an aromatic ring is 1. The standard InChI is InChI=1S/C23H34N4O5/c1-6-7-11-26-20(24)19(21(28)25-23(26)30)27(13-15(2)3)22(29)16(4)32-14-17-9-8-10-18(12-17)31-5/h8-10,12,15-16H,6-7,11,13-14,24H2,1-5H3,(H,25,28,30). The zero-order valence-electron chi connectivity index (χ0n) is 19.5. The van der Waals surface area contributed by atoms with E-state index in [1.54, 1.807) is 14.0 Å². The van der Waals surface area contributed by atoms with Crippen molar-refractivity contribution in [3.63, 3.8) is 0 Å². The summed E-state index contributed by atoms with van der Waals surface area (Å²) in [5.74, 6) is 0.334. The van der Waals surface area contributed by atoms with Crippen LogP contribution in [-0.4, -0.2) is 35.2 Å². The molecule has 1 atom stereocenters. The molecule has 3 N–H and O–H groups in total. The number of nitrogens with two attached hydrogens (primary N) is 1. The van der Waals surface area contributed by atoms with Crippen molar-refractivity contribution in [1.29, 1.82) is 0 Å². The lowest BCUT2D eigenvalue weighted by Gasteiger charge is -2.28. The van der Waals surface area contributed by atoms with Gasteiger partial charge in [0.25, 0.3) is 11.5 Å². The predicted octanol–water partition coefficient (Wildman–Crippen LogP) is 2.52. The summed E-state index contributed by atoms with van der Waals surface area (Å²) in [6.45, 7) is 8.29. The highest BCUT2D eigenvalue weighted by atomic mass is 16.5. The molecule has 1 unspecified atom stereocenters. The summed E-state index contributed by atoms with van der Waals surface area (Å²) in [7, 11) is 1.58. The third kappa shape index (κ3) is 6.23. The average molecular weight is 447 g/mol. The topological polar surface area (TPSA) is 120 Å². The Bertz CT molecular complexity index is 1030. The fourth-order valence-corrected chi connectivity index (χ4v) is 3.31. The van der Waals surface area contributed by atoms with Crippen molar-refractivity contribution in [2.45, 2.75) is 59.8 Å². The van der Waals surface area contributed by atoms with Gasteiger partial charge < -0.3 is 20.1 Å². The van der Waals surface area contributed by atoms with Crippen molar-refractivity contribution in [3.05, 3.63) is 50.7 Å². The van der Waals surface area contributed by atoms with Crippen molar-refractivity contribution in [2.24, 2.45) is 5.92 Å². The molecule has 1 aromatic carbocycles. The summed E-state index contributed by atoms with van der Waals surface area (Å²) in [5.41, 5.74) is 5.80. The maximum atomic E-state index is 13.3. The number of carbonyl (C=O) groups excluding carboxylic acids is 1. The van der Waals surface area contributed by atoms with Gasteiger partial charge in [-0.2, -0.15) is 0 Å². The van der Waals surface area contributed by atoms with E-state index in [2.05, 4.69) is 4.98 Å². The number of hydrogen-bond acceptors (Lipinski definition) is 6. The van der Waals surface area contributed by atoms with Gasteiger partial charge in [0.2, 0.25) is 0 Å². The number of aromatic amines is 1. The molecule has 2 rings (SSSR count). The molecule has 0 aliphatic heterocycles. The van der Waals surface area contributed by atoms with Crippen molar-refractivity contribution in [1.82, 2.24) is 9.55 Å². The minimum absolute atomic E-state index is 0.0128. The van der Waals surface area contributed by atoms with Crippen LogP contribution in [0.1, 0.15) is 46.1 Å². The van der Waals surface area contributed by atoms with E-state index in [0.717, 1.165) is 12.0 Å². The highest BCUT2D eigenvalue weighted by Crippen LogP contribution is 2.21. The fraction of sp³-hybridized carbons (Fsp3) is 0.522. The summed E-state index contributed by atoms with van der Waals surface area (Å²) in [6, 6.07) is 7.37. The molecule has 9 heteroatoms. The van der Waals surface area contributed by atoms with Gasteiger partial charge in [0.05, 0.1) is 13.7 Å². The van der Waals surface area contributed by atoms with E-state index in [1.807, 2.05) is 45.0 Å². The summed E-state index contributed by atoms with van der Waals surface area (Å²) in [4.78, 5) is 41.9. The molecule has 0 saturated carbocycles. The molecule has 0 radical (unpaired) electrons. The Kier molecular flexibility index (Phi) is 9.07. The summed E-state index contributed by atoms with van der Waals surface area (Å²) < 4.78 is 12.3. The third-order valence-corrected chi connectivity index (χ3v) is 5.01. The van der Waals surface area contributed by atoms with Crippen LogP contribution in [0, 0.1) is 5.92 Å². The normalized spacial score (nSPS) is 12.1. The first-order valence-electron chi connectivity index (χ1n) is 10.9. The van der Waals surface area contributed by atoms with E-state index in [4.69, 9.17) is 15.2 Å². The molecule has 0 saturated heterocycles. The maximum absolute atomic E-state index is 13.3. The lowest BCUT2D eigenvalue weighted by atomic mass is 10.1. The van der Waals surface area contributed by atoms with E-state index >= 15 is 0 Å². The van der Waals surface area contributed by atoms with Gasteiger partial charge in [-0.1, -0.05) is 39.3 Å². The van der Waals surface area contributed by atoms with Gasteiger partial charge in [-0.3, -0.25) is 19.1 Å². The number of nitrogens with zero attached hydrogens (tertiary/aromatic N) is 2. The number of aromatic nitrogens is 2. The van der Waals surface area contributed by atoms with E-state index in [1.165, 1.54) is 9.47 Å². The number of H-pyrrole nitrogens is 1. The number of hydrogen-bond donors (Lipinski definition) is 2. The van der Waals surface area contributed by atoms with Crippen LogP contribution in [-0.2, 0) is 22.7 Å². The lowest BCUT2D eigenvalue weighted by molar-refractivity contribution is -0.129. The number of ether oxygens (including phenoxy) is 2. The first kappa shape index (κ1) is 25.2. The van der Waals surface area contributed by atoms with Crippen molar-refractivity contribution < 1.29 is 14.3 Å². The van der Waals surface area contributed by atoms with Gasteiger partial charge >= 0.3 is 5.69 Å². The van der Waals surface area contributed by atoms with Crippen LogP contribution in [0.2, 0.25) is 0 Å². The molecule has 9 nitrogen and oxygen atoms in total.